The molecule has 2 rings (SSSR count). The van der Waals surface area contributed by atoms with Gasteiger partial charge in [0.05, 0.1) is 12.8 Å². The molecular weight excluding hydrogens is 232 g/mol. The standard InChI is InChI=1S/C12H20N4O2/c1-9-4-2-3-5-11(9)13-12(18)7-16-6-10(8-17)14-15-16/h6,9,11,17H,2-5,7-8H2,1H3,(H,13,18). The first kappa shape index (κ1) is 13.0. The monoisotopic (exact) mass is 252 g/mol. The molecule has 1 amide bonds. The molecule has 6 nitrogen and oxygen atoms in total. The van der Waals surface area contributed by atoms with Crippen LogP contribution in [-0.4, -0.2) is 32.0 Å². The molecule has 1 saturated carbocycles. The number of carbonyl (C=O) groups is 1. The molecule has 18 heavy (non-hydrogen) atoms. The van der Waals surface area contributed by atoms with Gasteiger partial charge in [-0.05, 0) is 18.8 Å². The van der Waals surface area contributed by atoms with Gasteiger partial charge in [-0.25, -0.2) is 4.68 Å². The Morgan fingerprint density at radius 2 is 2.33 bits per heavy atom. The number of amides is 1. The molecule has 2 N–H and O–H groups in total. The molecule has 2 atom stereocenters. The molecule has 0 saturated heterocycles. The topological polar surface area (TPSA) is 80.0 Å². The molecule has 0 spiro atoms. The Morgan fingerprint density at radius 3 is 3.00 bits per heavy atom. The quantitative estimate of drug-likeness (QED) is 0.816. The van der Waals surface area contributed by atoms with Crippen LogP contribution in [-0.2, 0) is 17.9 Å². The molecular formula is C12H20N4O2. The van der Waals surface area contributed by atoms with Crippen molar-refractivity contribution >= 4 is 5.91 Å². The van der Waals surface area contributed by atoms with E-state index in [4.69, 9.17) is 5.11 Å². The summed E-state index contributed by atoms with van der Waals surface area (Å²) in [5.74, 6) is 0.509. The molecule has 0 bridgehead atoms. The molecule has 1 fully saturated rings. The van der Waals surface area contributed by atoms with Gasteiger partial charge in [0.1, 0.15) is 12.2 Å². The first-order valence-electron chi connectivity index (χ1n) is 6.48. The summed E-state index contributed by atoms with van der Waals surface area (Å²) in [6.45, 7) is 2.20. The number of aliphatic hydroxyl groups excluding tert-OH is 1. The second-order valence-electron chi connectivity index (χ2n) is 5.00. The van der Waals surface area contributed by atoms with E-state index in [9.17, 15) is 4.79 Å². The number of hydrogen-bond donors (Lipinski definition) is 2. The molecule has 1 aliphatic rings. The smallest absolute Gasteiger partial charge is 0.242 e. The van der Waals surface area contributed by atoms with Crippen LogP contribution in [0.5, 0.6) is 0 Å². The molecule has 1 aliphatic carbocycles. The summed E-state index contributed by atoms with van der Waals surface area (Å²) in [7, 11) is 0. The fraction of sp³-hybridized carbons (Fsp3) is 0.750. The van der Waals surface area contributed by atoms with E-state index in [1.54, 1.807) is 6.20 Å². The summed E-state index contributed by atoms with van der Waals surface area (Å²) >= 11 is 0. The van der Waals surface area contributed by atoms with Crippen molar-refractivity contribution in [2.45, 2.75) is 51.8 Å². The number of hydrogen-bond acceptors (Lipinski definition) is 4. The van der Waals surface area contributed by atoms with Gasteiger partial charge in [0.2, 0.25) is 5.91 Å². The Kier molecular flexibility index (Phi) is 4.30. The van der Waals surface area contributed by atoms with Crippen LogP contribution in [0.3, 0.4) is 0 Å². The van der Waals surface area contributed by atoms with Gasteiger partial charge in [0.15, 0.2) is 0 Å². The Balaban J connectivity index is 1.84. The lowest BCUT2D eigenvalue weighted by Crippen LogP contribution is -2.42. The Labute approximate surface area is 106 Å². The van der Waals surface area contributed by atoms with Gasteiger partial charge >= 0.3 is 0 Å². The molecule has 6 heteroatoms. The predicted octanol–water partition coefficient (Wildman–Crippen LogP) is 0.465. The van der Waals surface area contributed by atoms with Crippen LogP contribution in [0.1, 0.15) is 38.3 Å². The average Bonchev–Trinajstić information content (AvgIpc) is 2.80. The number of carbonyl (C=O) groups excluding carboxylic acids is 1. The summed E-state index contributed by atoms with van der Waals surface area (Å²) in [5.41, 5.74) is 0.480. The number of rotatable bonds is 4. The molecule has 1 heterocycles. The summed E-state index contributed by atoms with van der Waals surface area (Å²) < 4.78 is 1.45. The predicted molar refractivity (Wildman–Crippen MR) is 65.5 cm³/mol. The fourth-order valence-corrected chi connectivity index (χ4v) is 2.42. The minimum absolute atomic E-state index is 0.0388. The molecule has 2 unspecified atom stereocenters. The van der Waals surface area contributed by atoms with Gasteiger partial charge in [0, 0.05) is 6.04 Å². The van der Waals surface area contributed by atoms with E-state index in [2.05, 4.69) is 22.6 Å². The third kappa shape index (κ3) is 3.29. The zero-order valence-electron chi connectivity index (χ0n) is 10.7. The van der Waals surface area contributed by atoms with Crippen LogP contribution in [0, 0.1) is 5.92 Å². The minimum Gasteiger partial charge on any atom is -0.390 e. The van der Waals surface area contributed by atoms with Crippen LogP contribution in [0.25, 0.3) is 0 Å². The van der Waals surface area contributed by atoms with E-state index < -0.39 is 0 Å². The maximum Gasteiger partial charge on any atom is 0.242 e. The highest BCUT2D eigenvalue weighted by Crippen LogP contribution is 2.23. The second kappa shape index (κ2) is 5.95. The Morgan fingerprint density at radius 1 is 1.56 bits per heavy atom. The number of aliphatic hydroxyl groups is 1. The van der Waals surface area contributed by atoms with Crippen LogP contribution in [0.2, 0.25) is 0 Å². The number of nitrogens with one attached hydrogen (secondary N) is 1. The third-order valence-corrected chi connectivity index (χ3v) is 3.51. The molecule has 1 aromatic heterocycles. The van der Waals surface area contributed by atoms with Crippen molar-refractivity contribution in [2.75, 3.05) is 0 Å². The molecule has 100 valence electrons. The molecule has 0 aromatic carbocycles. The zero-order chi connectivity index (χ0) is 13.0. The van der Waals surface area contributed by atoms with E-state index in [0.29, 0.717) is 11.6 Å². The van der Waals surface area contributed by atoms with Crippen molar-refractivity contribution < 1.29 is 9.90 Å². The van der Waals surface area contributed by atoms with Crippen LogP contribution in [0.15, 0.2) is 6.20 Å². The van der Waals surface area contributed by atoms with Gasteiger partial charge in [-0.1, -0.05) is 25.0 Å². The highest BCUT2D eigenvalue weighted by molar-refractivity contribution is 5.75. The Bertz CT molecular complexity index is 405. The van der Waals surface area contributed by atoms with E-state index in [-0.39, 0.29) is 25.1 Å². The minimum atomic E-state index is -0.152. The van der Waals surface area contributed by atoms with Crippen LogP contribution >= 0.6 is 0 Å². The highest BCUT2D eigenvalue weighted by atomic mass is 16.3. The summed E-state index contributed by atoms with van der Waals surface area (Å²) in [6.07, 6.45) is 6.28. The van der Waals surface area contributed by atoms with Crippen molar-refractivity contribution in [3.8, 4) is 0 Å². The first-order valence-corrected chi connectivity index (χ1v) is 6.48. The van der Waals surface area contributed by atoms with Crippen molar-refractivity contribution in [1.82, 2.24) is 20.3 Å². The SMILES string of the molecule is CC1CCCCC1NC(=O)Cn1cc(CO)nn1. The second-order valence-corrected chi connectivity index (χ2v) is 5.00. The number of aromatic nitrogens is 3. The van der Waals surface area contributed by atoms with Crippen molar-refractivity contribution in [3.05, 3.63) is 11.9 Å². The van der Waals surface area contributed by atoms with Crippen molar-refractivity contribution in [1.29, 1.82) is 0 Å². The maximum atomic E-state index is 11.9. The van der Waals surface area contributed by atoms with Crippen LogP contribution < -0.4 is 5.32 Å². The van der Waals surface area contributed by atoms with Gasteiger partial charge in [-0.2, -0.15) is 0 Å². The first-order chi connectivity index (χ1) is 8.69. The van der Waals surface area contributed by atoms with E-state index in [1.165, 1.54) is 23.9 Å². The van der Waals surface area contributed by atoms with Gasteiger partial charge in [-0.15, -0.1) is 5.10 Å². The molecule has 0 aliphatic heterocycles. The van der Waals surface area contributed by atoms with E-state index in [0.717, 1.165) is 6.42 Å². The molecule has 1 aromatic rings. The zero-order valence-corrected chi connectivity index (χ0v) is 10.7. The summed E-state index contributed by atoms with van der Waals surface area (Å²) in [5, 5.41) is 19.4. The van der Waals surface area contributed by atoms with Gasteiger partial charge in [0.25, 0.3) is 0 Å². The normalized spacial score (nSPS) is 23.9. The fourth-order valence-electron chi connectivity index (χ4n) is 2.42. The lowest BCUT2D eigenvalue weighted by atomic mass is 9.86. The maximum absolute atomic E-state index is 11.9. The third-order valence-electron chi connectivity index (χ3n) is 3.51. The van der Waals surface area contributed by atoms with E-state index >= 15 is 0 Å². The summed E-state index contributed by atoms with van der Waals surface area (Å²) in [6, 6.07) is 0.284. The molecule has 0 radical (unpaired) electrons. The van der Waals surface area contributed by atoms with Crippen molar-refractivity contribution in [2.24, 2.45) is 5.92 Å². The lowest BCUT2D eigenvalue weighted by Gasteiger charge is -2.29. The van der Waals surface area contributed by atoms with Gasteiger partial charge < -0.3 is 10.4 Å². The highest BCUT2D eigenvalue weighted by Gasteiger charge is 2.22. The van der Waals surface area contributed by atoms with E-state index in [1.807, 2.05) is 0 Å². The average molecular weight is 252 g/mol. The largest absolute Gasteiger partial charge is 0.390 e. The summed E-state index contributed by atoms with van der Waals surface area (Å²) in [4.78, 5) is 11.9. The Hall–Kier alpha value is -1.43. The number of nitrogens with zero attached hydrogens (tertiary/aromatic N) is 3. The van der Waals surface area contributed by atoms with Gasteiger partial charge in [-0.3, -0.25) is 4.79 Å². The van der Waals surface area contributed by atoms with Crippen LogP contribution in [0.4, 0.5) is 0 Å². The van der Waals surface area contributed by atoms with Crippen molar-refractivity contribution in [3.63, 3.8) is 0 Å². The lowest BCUT2D eigenvalue weighted by molar-refractivity contribution is -0.123.